The third-order valence-corrected chi connectivity index (χ3v) is 3.45. The zero-order valence-electron chi connectivity index (χ0n) is 10.3. The minimum atomic E-state index is 0.201. The van der Waals surface area contributed by atoms with Crippen molar-refractivity contribution in [2.24, 2.45) is 0 Å². The molecule has 2 N–H and O–H groups in total. The Morgan fingerprint density at radius 1 is 1.10 bits per heavy atom. The maximum Gasteiger partial charge on any atom is 0.233 e. The highest BCUT2D eigenvalue weighted by molar-refractivity contribution is 6.42. The molecule has 0 atom stereocenters. The zero-order chi connectivity index (χ0) is 14.1. The molecule has 0 unspecified atom stereocenters. The van der Waals surface area contributed by atoms with Gasteiger partial charge in [-0.25, -0.2) is 4.98 Å². The van der Waals surface area contributed by atoms with Crippen molar-refractivity contribution in [1.82, 2.24) is 4.98 Å². The number of fused-ring (bicyclic) bond motifs is 1. The monoisotopic (exact) mass is 308 g/mol. The number of nitrogens with two attached hydrogens (primary N) is 1. The molecular formula is C14H10Cl2N2O2. The molecular weight excluding hydrogens is 299 g/mol. The molecule has 1 aromatic heterocycles. The number of nitrogens with zero attached hydrogens (tertiary/aromatic N) is 1. The van der Waals surface area contributed by atoms with Crippen molar-refractivity contribution < 1.29 is 9.15 Å². The van der Waals surface area contributed by atoms with E-state index in [1.807, 2.05) is 0 Å². The summed E-state index contributed by atoms with van der Waals surface area (Å²) in [6, 6.07) is 10.3. The van der Waals surface area contributed by atoms with Crippen LogP contribution in [0.25, 0.3) is 11.1 Å². The van der Waals surface area contributed by atoms with Gasteiger partial charge < -0.3 is 14.9 Å². The molecule has 0 saturated carbocycles. The summed E-state index contributed by atoms with van der Waals surface area (Å²) >= 11 is 11.7. The second-order valence-electron chi connectivity index (χ2n) is 4.20. The van der Waals surface area contributed by atoms with Gasteiger partial charge in [0.05, 0.1) is 10.0 Å². The molecule has 4 nitrogen and oxygen atoms in total. The van der Waals surface area contributed by atoms with Crippen LogP contribution in [0.3, 0.4) is 0 Å². The highest BCUT2D eigenvalue weighted by Gasteiger charge is 2.07. The van der Waals surface area contributed by atoms with E-state index in [2.05, 4.69) is 4.98 Å². The normalized spacial score (nSPS) is 10.9. The second-order valence-corrected chi connectivity index (χ2v) is 5.01. The van der Waals surface area contributed by atoms with Crippen LogP contribution in [0.15, 0.2) is 40.8 Å². The largest absolute Gasteiger partial charge is 0.484 e. The van der Waals surface area contributed by atoms with Gasteiger partial charge in [0.25, 0.3) is 0 Å². The highest BCUT2D eigenvalue weighted by atomic mass is 35.5. The van der Waals surface area contributed by atoms with Crippen LogP contribution < -0.4 is 10.5 Å². The fraction of sp³-hybridized carbons (Fsp3) is 0.0714. The van der Waals surface area contributed by atoms with Crippen LogP contribution in [-0.2, 0) is 6.61 Å². The summed E-state index contributed by atoms with van der Waals surface area (Å²) in [5.41, 5.74) is 7.69. The number of ether oxygens (including phenoxy) is 1. The summed E-state index contributed by atoms with van der Waals surface area (Å²) < 4.78 is 11.1. The van der Waals surface area contributed by atoms with Crippen LogP contribution in [0, 0.1) is 0 Å². The average Bonchev–Trinajstić information content (AvgIpc) is 2.82. The predicted molar refractivity (Wildman–Crippen MR) is 79.2 cm³/mol. The number of nitrogen functional groups attached to an aromatic ring is 1. The smallest absolute Gasteiger partial charge is 0.233 e. The van der Waals surface area contributed by atoms with Crippen molar-refractivity contribution in [3.8, 4) is 5.75 Å². The zero-order valence-corrected chi connectivity index (χ0v) is 11.8. The fourth-order valence-corrected chi connectivity index (χ4v) is 2.05. The summed E-state index contributed by atoms with van der Waals surface area (Å²) in [6.45, 7) is 0.201. The Labute approximate surface area is 125 Å². The lowest BCUT2D eigenvalue weighted by atomic mass is 10.3. The lowest BCUT2D eigenvalue weighted by Gasteiger charge is -2.04. The number of hydrogen-bond acceptors (Lipinski definition) is 4. The molecule has 3 aromatic rings. The molecule has 0 aliphatic carbocycles. The molecule has 0 bridgehead atoms. The van der Waals surface area contributed by atoms with Crippen molar-refractivity contribution in [1.29, 1.82) is 0 Å². The Balaban J connectivity index is 1.77. The van der Waals surface area contributed by atoms with Gasteiger partial charge in [-0.3, -0.25) is 0 Å². The van der Waals surface area contributed by atoms with Gasteiger partial charge in [0.1, 0.15) is 11.3 Å². The Kier molecular flexibility index (Phi) is 3.42. The summed E-state index contributed by atoms with van der Waals surface area (Å²) in [7, 11) is 0. The molecule has 0 aliphatic heterocycles. The van der Waals surface area contributed by atoms with E-state index < -0.39 is 0 Å². The molecule has 1 heterocycles. The first kappa shape index (κ1) is 13.1. The van der Waals surface area contributed by atoms with Crippen molar-refractivity contribution >= 4 is 40.0 Å². The van der Waals surface area contributed by atoms with Gasteiger partial charge in [-0.2, -0.15) is 0 Å². The molecule has 2 aromatic carbocycles. The van der Waals surface area contributed by atoms with E-state index in [0.29, 0.717) is 33.0 Å². The molecule has 3 rings (SSSR count). The van der Waals surface area contributed by atoms with Crippen molar-refractivity contribution in [3.63, 3.8) is 0 Å². The number of benzene rings is 2. The van der Waals surface area contributed by atoms with Crippen LogP contribution in [0.1, 0.15) is 5.89 Å². The standard InChI is InChI=1S/C14H10Cl2N2O2/c15-10-3-2-9(6-11(10)16)19-7-14-18-12-4-1-8(17)5-13(12)20-14/h1-6H,7,17H2. The van der Waals surface area contributed by atoms with Crippen molar-refractivity contribution in [3.05, 3.63) is 52.3 Å². The van der Waals surface area contributed by atoms with Gasteiger partial charge >= 0.3 is 0 Å². The second kappa shape index (κ2) is 5.23. The first-order valence-electron chi connectivity index (χ1n) is 5.84. The van der Waals surface area contributed by atoms with Crippen LogP contribution in [-0.4, -0.2) is 4.98 Å². The Bertz CT molecular complexity index is 771. The van der Waals surface area contributed by atoms with Crippen LogP contribution in [0.2, 0.25) is 10.0 Å². The SMILES string of the molecule is Nc1ccc2nc(COc3ccc(Cl)c(Cl)c3)oc2c1. The van der Waals surface area contributed by atoms with Gasteiger partial charge in [-0.05, 0) is 24.3 Å². The number of oxazole rings is 1. The van der Waals surface area contributed by atoms with Crippen molar-refractivity contribution in [2.75, 3.05) is 5.73 Å². The Hall–Kier alpha value is -1.91. The predicted octanol–water partition coefficient (Wildman–Crippen LogP) is 4.30. The van der Waals surface area contributed by atoms with E-state index >= 15 is 0 Å². The number of halogens is 2. The van der Waals surface area contributed by atoms with Gasteiger partial charge in [0.15, 0.2) is 12.2 Å². The highest BCUT2D eigenvalue weighted by Crippen LogP contribution is 2.27. The molecule has 0 saturated heterocycles. The summed E-state index contributed by atoms with van der Waals surface area (Å²) in [5, 5.41) is 0.922. The topological polar surface area (TPSA) is 61.3 Å². The molecule has 0 spiro atoms. The lowest BCUT2D eigenvalue weighted by molar-refractivity contribution is 0.267. The minimum Gasteiger partial charge on any atom is -0.484 e. The first-order chi connectivity index (χ1) is 9.61. The molecule has 0 radical (unpaired) electrons. The van der Waals surface area contributed by atoms with Crippen LogP contribution >= 0.6 is 23.2 Å². The maximum absolute atomic E-state index is 5.91. The van der Waals surface area contributed by atoms with E-state index in [1.165, 1.54) is 0 Å². The number of anilines is 1. The van der Waals surface area contributed by atoms with Gasteiger partial charge in [-0.1, -0.05) is 23.2 Å². The third kappa shape index (κ3) is 2.66. The molecule has 0 amide bonds. The average molecular weight is 309 g/mol. The van der Waals surface area contributed by atoms with E-state index in [-0.39, 0.29) is 6.61 Å². The van der Waals surface area contributed by atoms with Crippen molar-refractivity contribution in [2.45, 2.75) is 6.61 Å². The molecule has 20 heavy (non-hydrogen) atoms. The van der Waals surface area contributed by atoms with Crippen LogP contribution in [0.5, 0.6) is 5.75 Å². The lowest BCUT2D eigenvalue weighted by Crippen LogP contribution is -1.95. The first-order valence-corrected chi connectivity index (χ1v) is 6.60. The van der Waals surface area contributed by atoms with E-state index in [4.69, 9.17) is 38.1 Å². The molecule has 0 aliphatic rings. The molecule has 0 fully saturated rings. The quantitative estimate of drug-likeness (QED) is 0.733. The third-order valence-electron chi connectivity index (χ3n) is 2.71. The van der Waals surface area contributed by atoms with Gasteiger partial charge in [0, 0.05) is 17.8 Å². The van der Waals surface area contributed by atoms with Gasteiger partial charge in [-0.15, -0.1) is 0 Å². The van der Waals surface area contributed by atoms with E-state index in [1.54, 1.807) is 36.4 Å². The maximum atomic E-state index is 5.91. The number of rotatable bonds is 3. The fourth-order valence-electron chi connectivity index (χ4n) is 1.76. The van der Waals surface area contributed by atoms with E-state index in [0.717, 1.165) is 5.52 Å². The van der Waals surface area contributed by atoms with Gasteiger partial charge in [0.2, 0.25) is 5.89 Å². The number of hydrogen-bond donors (Lipinski definition) is 1. The number of aromatic nitrogens is 1. The Morgan fingerprint density at radius 3 is 2.75 bits per heavy atom. The summed E-state index contributed by atoms with van der Waals surface area (Å²) in [6.07, 6.45) is 0. The summed E-state index contributed by atoms with van der Waals surface area (Å²) in [4.78, 5) is 4.30. The summed E-state index contributed by atoms with van der Waals surface area (Å²) in [5.74, 6) is 1.07. The minimum absolute atomic E-state index is 0.201. The molecule has 102 valence electrons. The molecule has 6 heteroatoms. The van der Waals surface area contributed by atoms with Crippen LogP contribution in [0.4, 0.5) is 5.69 Å². The van der Waals surface area contributed by atoms with E-state index in [9.17, 15) is 0 Å². The Morgan fingerprint density at radius 2 is 1.95 bits per heavy atom.